The second kappa shape index (κ2) is 7.59. The number of methoxy groups -OCH3 is 1. The van der Waals surface area contributed by atoms with E-state index < -0.39 is 28.7 Å². The lowest BCUT2D eigenvalue weighted by atomic mass is 10.2. The third-order valence-corrected chi connectivity index (χ3v) is 3.67. The van der Waals surface area contributed by atoms with Gasteiger partial charge in [0, 0.05) is 19.0 Å². The summed E-state index contributed by atoms with van der Waals surface area (Å²) < 4.78 is 15.6. The highest BCUT2D eigenvalue weighted by Gasteiger charge is 2.32. The molecule has 1 amide bonds. The van der Waals surface area contributed by atoms with Gasteiger partial charge in [0.15, 0.2) is 5.75 Å². The van der Waals surface area contributed by atoms with E-state index in [1.807, 2.05) is 0 Å². The van der Waals surface area contributed by atoms with Crippen molar-refractivity contribution in [3.05, 3.63) is 33.9 Å². The van der Waals surface area contributed by atoms with Crippen LogP contribution in [0.1, 0.15) is 37.6 Å². The highest BCUT2D eigenvalue weighted by molar-refractivity contribution is 5.90. The largest absolute Gasteiger partial charge is 0.482 e. The molecule has 9 nitrogen and oxygen atoms in total. The fraction of sp³-hybridized carbons (Fsp3) is 0.529. The Morgan fingerprint density at radius 1 is 1.31 bits per heavy atom. The Kier molecular flexibility index (Phi) is 5.69. The summed E-state index contributed by atoms with van der Waals surface area (Å²) in [6.45, 7) is 6.04. The van der Waals surface area contributed by atoms with Gasteiger partial charge in [-0.15, -0.1) is 0 Å². The van der Waals surface area contributed by atoms with Crippen LogP contribution in [-0.2, 0) is 9.47 Å². The number of hydrogen-bond donors (Lipinski definition) is 0. The van der Waals surface area contributed by atoms with Gasteiger partial charge in [-0.25, -0.2) is 9.59 Å². The SMILES string of the molecule is COC(=O)c1ccc(O[C@@H]2CCN(C(=O)OC(C)(C)C)C2)c([N+](=O)[O-])c1. The molecule has 1 fully saturated rings. The number of nitrogens with zero attached hydrogens (tertiary/aromatic N) is 2. The fourth-order valence-electron chi connectivity index (χ4n) is 2.50. The minimum atomic E-state index is -0.670. The van der Waals surface area contributed by atoms with Gasteiger partial charge < -0.3 is 19.1 Å². The van der Waals surface area contributed by atoms with Crippen LogP contribution in [0.2, 0.25) is 0 Å². The molecular formula is C17H22N2O7. The Bertz CT molecular complexity index is 712. The molecule has 0 bridgehead atoms. The van der Waals surface area contributed by atoms with E-state index >= 15 is 0 Å². The van der Waals surface area contributed by atoms with Crippen molar-refractivity contribution in [1.29, 1.82) is 0 Å². The molecule has 0 aliphatic carbocycles. The van der Waals surface area contributed by atoms with Gasteiger partial charge in [0.05, 0.1) is 24.1 Å². The molecule has 1 heterocycles. The smallest absolute Gasteiger partial charge is 0.410 e. The summed E-state index contributed by atoms with van der Waals surface area (Å²) in [6.07, 6.45) is -0.320. The number of likely N-dealkylation sites (tertiary alicyclic amines) is 1. The zero-order chi connectivity index (χ0) is 19.5. The van der Waals surface area contributed by atoms with Crippen molar-refractivity contribution in [3.8, 4) is 5.75 Å². The molecule has 142 valence electrons. The zero-order valence-electron chi connectivity index (χ0n) is 15.2. The summed E-state index contributed by atoms with van der Waals surface area (Å²) in [5.74, 6) is -0.629. The van der Waals surface area contributed by atoms with Crippen LogP contribution in [0.4, 0.5) is 10.5 Å². The lowest BCUT2D eigenvalue weighted by Crippen LogP contribution is -2.36. The lowest BCUT2D eigenvalue weighted by molar-refractivity contribution is -0.386. The number of benzene rings is 1. The van der Waals surface area contributed by atoms with Gasteiger partial charge >= 0.3 is 17.7 Å². The first kappa shape index (κ1) is 19.5. The van der Waals surface area contributed by atoms with Crippen LogP contribution in [0.25, 0.3) is 0 Å². The molecule has 0 unspecified atom stereocenters. The first-order valence-electron chi connectivity index (χ1n) is 8.12. The van der Waals surface area contributed by atoms with Crippen molar-refractivity contribution >= 4 is 17.7 Å². The average molecular weight is 366 g/mol. The van der Waals surface area contributed by atoms with E-state index in [2.05, 4.69) is 4.74 Å². The minimum absolute atomic E-state index is 0.0405. The van der Waals surface area contributed by atoms with Gasteiger partial charge in [0.1, 0.15) is 11.7 Å². The van der Waals surface area contributed by atoms with Gasteiger partial charge in [-0.2, -0.15) is 0 Å². The predicted molar refractivity (Wildman–Crippen MR) is 91.3 cm³/mol. The fourth-order valence-corrected chi connectivity index (χ4v) is 2.50. The van der Waals surface area contributed by atoms with Crippen LogP contribution in [0.5, 0.6) is 5.75 Å². The molecule has 26 heavy (non-hydrogen) atoms. The maximum atomic E-state index is 12.1. The molecule has 0 aromatic heterocycles. The van der Waals surface area contributed by atoms with Crippen LogP contribution >= 0.6 is 0 Å². The van der Waals surface area contributed by atoms with E-state index in [9.17, 15) is 19.7 Å². The van der Waals surface area contributed by atoms with E-state index in [-0.39, 0.29) is 23.5 Å². The molecule has 0 spiro atoms. The van der Waals surface area contributed by atoms with Crippen LogP contribution in [0.15, 0.2) is 18.2 Å². The lowest BCUT2D eigenvalue weighted by Gasteiger charge is -2.24. The number of nitro groups is 1. The number of esters is 1. The number of amides is 1. The Labute approximate surface area is 151 Å². The second-order valence-corrected chi connectivity index (χ2v) is 6.89. The summed E-state index contributed by atoms with van der Waals surface area (Å²) in [6, 6.07) is 3.87. The molecular weight excluding hydrogens is 344 g/mol. The van der Waals surface area contributed by atoms with E-state index in [0.29, 0.717) is 13.0 Å². The zero-order valence-corrected chi connectivity index (χ0v) is 15.2. The Morgan fingerprint density at radius 3 is 2.58 bits per heavy atom. The van der Waals surface area contributed by atoms with Crippen LogP contribution in [0, 0.1) is 10.1 Å². The van der Waals surface area contributed by atoms with E-state index in [1.54, 1.807) is 20.8 Å². The summed E-state index contributed by atoms with van der Waals surface area (Å²) in [5, 5.41) is 11.3. The Morgan fingerprint density at radius 2 is 2.00 bits per heavy atom. The first-order chi connectivity index (χ1) is 12.1. The Balaban J connectivity index is 2.08. The molecule has 0 N–H and O–H groups in total. The van der Waals surface area contributed by atoms with Crippen molar-refractivity contribution < 1.29 is 28.7 Å². The molecule has 0 saturated carbocycles. The second-order valence-electron chi connectivity index (χ2n) is 6.89. The average Bonchev–Trinajstić information content (AvgIpc) is 3.01. The van der Waals surface area contributed by atoms with Gasteiger partial charge in [-0.05, 0) is 32.9 Å². The van der Waals surface area contributed by atoms with Gasteiger partial charge in [-0.3, -0.25) is 10.1 Å². The number of carbonyl (C=O) groups excluding carboxylic acids is 2. The van der Waals surface area contributed by atoms with Crippen LogP contribution in [0.3, 0.4) is 0 Å². The number of hydrogen-bond acceptors (Lipinski definition) is 7. The monoisotopic (exact) mass is 366 g/mol. The van der Waals surface area contributed by atoms with Gasteiger partial charge in [0.25, 0.3) is 0 Å². The maximum absolute atomic E-state index is 12.1. The minimum Gasteiger partial charge on any atom is -0.482 e. The Hall–Kier alpha value is -2.84. The summed E-state index contributed by atoms with van der Waals surface area (Å²) in [4.78, 5) is 35.8. The molecule has 9 heteroatoms. The molecule has 1 aromatic rings. The standard InChI is InChI=1S/C17H22N2O7/c1-17(2,3)26-16(21)18-8-7-12(10-18)25-14-6-5-11(15(20)24-4)9-13(14)19(22)23/h5-6,9,12H,7-8,10H2,1-4H3/t12-/m1/s1. The first-order valence-corrected chi connectivity index (χ1v) is 8.12. The third kappa shape index (κ3) is 4.84. The van der Waals surface area contributed by atoms with Crippen molar-refractivity contribution in [2.75, 3.05) is 20.2 Å². The highest BCUT2D eigenvalue weighted by Crippen LogP contribution is 2.31. The van der Waals surface area contributed by atoms with Gasteiger partial charge in [-0.1, -0.05) is 0 Å². The van der Waals surface area contributed by atoms with Crippen LogP contribution < -0.4 is 4.74 Å². The van der Waals surface area contributed by atoms with Crippen molar-refractivity contribution in [2.45, 2.75) is 38.9 Å². The van der Waals surface area contributed by atoms with Gasteiger partial charge in [0.2, 0.25) is 0 Å². The van der Waals surface area contributed by atoms with Crippen molar-refractivity contribution in [3.63, 3.8) is 0 Å². The number of ether oxygens (including phenoxy) is 3. The number of nitro benzene ring substituents is 1. The molecule has 1 atom stereocenters. The summed E-state index contributed by atoms with van der Waals surface area (Å²) in [7, 11) is 1.20. The van der Waals surface area contributed by atoms with E-state index in [0.717, 1.165) is 6.07 Å². The third-order valence-electron chi connectivity index (χ3n) is 3.67. The topological polar surface area (TPSA) is 108 Å². The number of rotatable bonds is 4. The molecule has 1 aliphatic rings. The van der Waals surface area contributed by atoms with E-state index in [4.69, 9.17) is 9.47 Å². The summed E-state index contributed by atoms with van der Waals surface area (Å²) >= 11 is 0. The van der Waals surface area contributed by atoms with Crippen LogP contribution in [-0.4, -0.2) is 53.8 Å². The molecule has 1 saturated heterocycles. The quantitative estimate of drug-likeness (QED) is 0.458. The maximum Gasteiger partial charge on any atom is 0.410 e. The molecule has 1 aromatic carbocycles. The van der Waals surface area contributed by atoms with Crippen molar-refractivity contribution in [1.82, 2.24) is 4.90 Å². The summed E-state index contributed by atoms with van der Waals surface area (Å²) in [5.41, 5.74) is -0.865. The molecule has 0 radical (unpaired) electrons. The number of carbonyl (C=O) groups is 2. The molecule has 2 rings (SSSR count). The van der Waals surface area contributed by atoms with E-state index in [1.165, 1.54) is 24.1 Å². The highest BCUT2D eigenvalue weighted by atomic mass is 16.6. The van der Waals surface area contributed by atoms with Crippen molar-refractivity contribution in [2.24, 2.45) is 0 Å². The molecule has 1 aliphatic heterocycles. The normalized spacial score (nSPS) is 16.9. The predicted octanol–water partition coefficient (Wildman–Crippen LogP) is 2.77.